The van der Waals surface area contributed by atoms with Gasteiger partial charge in [0, 0.05) is 5.41 Å². The van der Waals surface area contributed by atoms with E-state index in [4.69, 9.17) is 0 Å². The number of carbonyl (C=O) groups is 2. The summed E-state index contributed by atoms with van der Waals surface area (Å²) < 4.78 is 0. The molecule has 0 saturated heterocycles. The molecule has 0 unspecified atom stereocenters. The van der Waals surface area contributed by atoms with Crippen LogP contribution in [0, 0.1) is 5.41 Å². The maximum Gasteiger partial charge on any atom is 0.161 e. The molecule has 0 atom stereocenters. The predicted molar refractivity (Wildman–Crippen MR) is 39.7 cm³/mol. The highest BCUT2D eigenvalue weighted by molar-refractivity contribution is 5.96. The van der Waals surface area contributed by atoms with Crippen LogP contribution in [0.1, 0.15) is 20.8 Å². The second-order valence-electron chi connectivity index (χ2n) is 3.11. The lowest BCUT2D eigenvalue weighted by molar-refractivity contribution is -0.121. The molecule has 0 saturated carbocycles. The fourth-order valence-corrected chi connectivity index (χ4v) is 0.377. The summed E-state index contributed by atoms with van der Waals surface area (Å²) in [6.07, 6.45) is 3.12. The van der Waals surface area contributed by atoms with Crippen molar-refractivity contribution in [3.8, 4) is 0 Å². The Labute approximate surface area is 60.9 Å². The summed E-state index contributed by atoms with van der Waals surface area (Å²) in [6.45, 7) is 5.43. The molecule has 0 fully saturated rings. The quantitative estimate of drug-likeness (QED) is 0.428. The van der Waals surface area contributed by atoms with Crippen LogP contribution in [0.3, 0.4) is 0 Å². The summed E-state index contributed by atoms with van der Waals surface area (Å²) in [7, 11) is 0. The SMILES string of the molecule is CC(C)(C)C(=O)/C=C/C=O. The molecule has 0 N–H and O–H groups in total. The van der Waals surface area contributed by atoms with Gasteiger partial charge in [0.25, 0.3) is 0 Å². The van der Waals surface area contributed by atoms with Gasteiger partial charge in [-0.2, -0.15) is 0 Å². The number of hydrogen-bond donors (Lipinski definition) is 0. The van der Waals surface area contributed by atoms with E-state index in [2.05, 4.69) is 0 Å². The average Bonchev–Trinajstić information content (AvgIpc) is 1.80. The number of ketones is 1. The van der Waals surface area contributed by atoms with Crippen LogP contribution in [-0.4, -0.2) is 12.1 Å². The van der Waals surface area contributed by atoms with E-state index in [0.29, 0.717) is 6.29 Å². The molecule has 0 aliphatic rings. The van der Waals surface area contributed by atoms with Gasteiger partial charge in [0.05, 0.1) is 0 Å². The lowest BCUT2D eigenvalue weighted by atomic mass is 9.91. The van der Waals surface area contributed by atoms with Crippen molar-refractivity contribution in [2.75, 3.05) is 0 Å². The fourth-order valence-electron chi connectivity index (χ4n) is 0.377. The molecule has 10 heavy (non-hydrogen) atoms. The lowest BCUT2D eigenvalue weighted by Gasteiger charge is -2.12. The van der Waals surface area contributed by atoms with E-state index in [9.17, 15) is 9.59 Å². The first-order chi connectivity index (χ1) is 4.48. The van der Waals surface area contributed by atoms with Gasteiger partial charge in [-0.3, -0.25) is 9.59 Å². The van der Waals surface area contributed by atoms with Gasteiger partial charge in [-0.15, -0.1) is 0 Å². The minimum atomic E-state index is -0.375. The Kier molecular flexibility index (Phi) is 3.00. The minimum Gasteiger partial charge on any atom is -0.299 e. The van der Waals surface area contributed by atoms with Crippen LogP contribution in [-0.2, 0) is 9.59 Å². The molecule has 0 rings (SSSR count). The molecule has 2 heteroatoms. The summed E-state index contributed by atoms with van der Waals surface area (Å²) in [4.78, 5) is 20.8. The lowest BCUT2D eigenvalue weighted by Crippen LogP contribution is -2.17. The summed E-state index contributed by atoms with van der Waals surface area (Å²) >= 11 is 0. The molecule has 0 aromatic carbocycles. The Balaban J connectivity index is 4.11. The van der Waals surface area contributed by atoms with Gasteiger partial charge in [0.2, 0.25) is 0 Å². The van der Waals surface area contributed by atoms with Gasteiger partial charge in [0.1, 0.15) is 6.29 Å². The first-order valence-corrected chi connectivity index (χ1v) is 3.15. The molecule has 0 heterocycles. The van der Waals surface area contributed by atoms with E-state index >= 15 is 0 Å². The fraction of sp³-hybridized carbons (Fsp3) is 0.500. The monoisotopic (exact) mass is 140 g/mol. The van der Waals surface area contributed by atoms with Crippen LogP contribution >= 0.6 is 0 Å². The van der Waals surface area contributed by atoms with Gasteiger partial charge < -0.3 is 0 Å². The molecule has 0 amide bonds. The second-order valence-corrected chi connectivity index (χ2v) is 3.11. The van der Waals surface area contributed by atoms with Gasteiger partial charge in [0.15, 0.2) is 5.78 Å². The zero-order valence-corrected chi connectivity index (χ0v) is 6.55. The first kappa shape index (κ1) is 9.08. The molecule has 56 valence electrons. The van der Waals surface area contributed by atoms with Crippen LogP contribution < -0.4 is 0 Å². The summed E-state index contributed by atoms with van der Waals surface area (Å²) in [5.74, 6) is -0.0281. The van der Waals surface area contributed by atoms with Crippen molar-refractivity contribution >= 4 is 12.1 Å². The van der Waals surface area contributed by atoms with Crippen LogP contribution in [0.4, 0.5) is 0 Å². The topological polar surface area (TPSA) is 34.1 Å². The van der Waals surface area contributed by atoms with Crippen molar-refractivity contribution in [1.29, 1.82) is 0 Å². The Hall–Kier alpha value is -0.920. The van der Waals surface area contributed by atoms with Crippen LogP contribution in [0.25, 0.3) is 0 Å². The Bertz CT molecular complexity index is 161. The van der Waals surface area contributed by atoms with E-state index in [1.807, 2.05) is 20.8 Å². The number of allylic oxidation sites excluding steroid dienone is 2. The third kappa shape index (κ3) is 3.17. The van der Waals surface area contributed by atoms with Crippen molar-refractivity contribution < 1.29 is 9.59 Å². The van der Waals surface area contributed by atoms with Crippen molar-refractivity contribution in [3.63, 3.8) is 0 Å². The molecule has 0 radical (unpaired) electrons. The molecule has 0 aromatic heterocycles. The van der Waals surface area contributed by atoms with Crippen molar-refractivity contribution in [2.45, 2.75) is 20.8 Å². The highest BCUT2D eigenvalue weighted by Crippen LogP contribution is 2.14. The Morgan fingerprint density at radius 2 is 1.80 bits per heavy atom. The minimum absolute atomic E-state index is 0.0281. The normalized spacial score (nSPS) is 11.9. The average molecular weight is 140 g/mol. The zero-order valence-electron chi connectivity index (χ0n) is 6.55. The third-order valence-electron chi connectivity index (χ3n) is 1.07. The van der Waals surface area contributed by atoms with Crippen molar-refractivity contribution in [1.82, 2.24) is 0 Å². The summed E-state index contributed by atoms with van der Waals surface area (Å²) in [5, 5.41) is 0. The van der Waals surface area contributed by atoms with Gasteiger partial charge in [-0.25, -0.2) is 0 Å². The molecule has 2 nitrogen and oxygen atoms in total. The first-order valence-electron chi connectivity index (χ1n) is 3.15. The summed E-state index contributed by atoms with van der Waals surface area (Å²) in [6, 6.07) is 0. The maximum atomic E-state index is 11.0. The molecular formula is C8H12O2. The van der Waals surface area contributed by atoms with E-state index in [1.54, 1.807) is 0 Å². The molecule has 0 spiro atoms. The number of hydrogen-bond acceptors (Lipinski definition) is 2. The van der Waals surface area contributed by atoms with Gasteiger partial charge in [-0.1, -0.05) is 20.8 Å². The van der Waals surface area contributed by atoms with Crippen LogP contribution in [0.2, 0.25) is 0 Å². The van der Waals surface area contributed by atoms with E-state index in [1.165, 1.54) is 12.2 Å². The standard InChI is InChI=1S/C8H12O2/c1-8(2,3)7(10)5-4-6-9/h4-6H,1-3H3/b5-4+. The van der Waals surface area contributed by atoms with E-state index in [-0.39, 0.29) is 11.2 Å². The number of aldehydes is 1. The third-order valence-corrected chi connectivity index (χ3v) is 1.07. The van der Waals surface area contributed by atoms with Gasteiger partial charge >= 0.3 is 0 Å². The highest BCUT2D eigenvalue weighted by atomic mass is 16.1. The molecule has 0 aliphatic heterocycles. The largest absolute Gasteiger partial charge is 0.299 e. The van der Waals surface area contributed by atoms with Gasteiger partial charge in [-0.05, 0) is 12.2 Å². The molecule has 0 aromatic rings. The molecule has 0 aliphatic carbocycles. The smallest absolute Gasteiger partial charge is 0.161 e. The van der Waals surface area contributed by atoms with Crippen molar-refractivity contribution in [3.05, 3.63) is 12.2 Å². The van der Waals surface area contributed by atoms with Crippen LogP contribution in [0.15, 0.2) is 12.2 Å². The zero-order chi connectivity index (χ0) is 8.20. The number of carbonyl (C=O) groups excluding carboxylic acids is 2. The van der Waals surface area contributed by atoms with Crippen molar-refractivity contribution in [2.24, 2.45) is 5.41 Å². The Morgan fingerprint density at radius 3 is 2.10 bits per heavy atom. The van der Waals surface area contributed by atoms with E-state index < -0.39 is 0 Å². The maximum absolute atomic E-state index is 11.0. The molecular weight excluding hydrogens is 128 g/mol. The Morgan fingerprint density at radius 1 is 1.30 bits per heavy atom. The summed E-state index contributed by atoms with van der Waals surface area (Å²) in [5.41, 5.74) is -0.375. The predicted octanol–water partition coefficient (Wildman–Crippen LogP) is 1.36. The molecule has 0 bridgehead atoms. The second kappa shape index (κ2) is 3.30. The highest BCUT2D eigenvalue weighted by Gasteiger charge is 2.17. The van der Waals surface area contributed by atoms with E-state index in [0.717, 1.165) is 0 Å². The van der Waals surface area contributed by atoms with Crippen LogP contribution in [0.5, 0.6) is 0 Å². The number of rotatable bonds is 2.